The Morgan fingerprint density at radius 1 is 0.905 bits per heavy atom. The number of benzene rings is 2. The number of rotatable bonds is 5. The van der Waals surface area contributed by atoms with E-state index in [-0.39, 0.29) is 5.56 Å². The Hall–Kier alpha value is -1.49. The average molecular weight is 308 g/mol. The Bertz CT molecular complexity index is 646. The largest absolute Gasteiger partial charge is 0.389 e. The van der Waals surface area contributed by atoms with Gasteiger partial charge in [-0.3, -0.25) is 4.57 Å². The van der Waals surface area contributed by atoms with Crippen molar-refractivity contribution < 1.29 is 23.8 Å². The van der Waals surface area contributed by atoms with Crippen LogP contribution in [0.1, 0.15) is 5.56 Å². The Labute approximate surface area is 123 Å². The smallest absolute Gasteiger partial charge is 0.340 e. The van der Waals surface area contributed by atoms with E-state index in [1.54, 1.807) is 24.3 Å². The number of hydrogen-bond acceptors (Lipinski definition) is 3. The van der Waals surface area contributed by atoms with Gasteiger partial charge in [-0.1, -0.05) is 54.6 Å². The van der Waals surface area contributed by atoms with Crippen LogP contribution >= 0.6 is 7.60 Å². The highest BCUT2D eigenvalue weighted by molar-refractivity contribution is 7.52. The topological polar surface area (TPSA) is 76.0 Å². The van der Waals surface area contributed by atoms with Crippen molar-refractivity contribution in [3.63, 3.8) is 0 Å². The summed E-state index contributed by atoms with van der Waals surface area (Å²) in [6, 6.07) is 16.1. The molecule has 2 aromatic carbocycles. The predicted molar refractivity (Wildman–Crippen MR) is 79.6 cm³/mol. The van der Waals surface area contributed by atoms with Crippen LogP contribution in [0.4, 0.5) is 0 Å². The lowest BCUT2D eigenvalue weighted by Crippen LogP contribution is -2.31. The molecule has 0 bridgehead atoms. The van der Waals surface area contributed by atoms with Crippen molar-refractivity contribution in [2.24, 2.45) is 0 Å². The van der Waals surface area contributed by atoms with Crippen LogP contribution < -0.4 is 0 Å². The highest BCUT2D eigenvalue weighted by Crippen LogP contribution is 2.59. The van der Waals surface area contributed by atoms with Crippen LogP contribution in [0.15, 0.2) is 54.6 Å². The molecule has 2 N–H and O–H groups in total. The Morgan fingerprint density at radius 2 is 1.43 bits per heavy atom. The molecule has 0 radical (unpaired) electrons. The summed E-state index contributed by atoms with van der Waals surface area (Å²) in [5.41, 5.74) is -0.376. The normalized spacial score (nSPS) is 12.4. The maximum Gasteiger partial charge on any atom is 0.389 e. The molecule has 112 valence electrons. The summed E-state index contributed by atoms with van der Waals surface area (Å²) >= 11 is 0. The molecule has 5 nitrogen and oxygen atoms in total. The molecule has 0 saturated carbocycles. The fourth-order valence-electron chi connectivity index (χ4n) is 2.33. The predicted octanol–water partition coefficient (Wildman–Crippen LogP) is 2.93. The van der Waals surface area contributed by atoms with Gasteiger partial charge in [-0.05, 0) is 11.1 Å². The zero-order valence-corrected chi connectivity index (χ0v) is 12.7. The molecule has 0 aliphatic carbocycles. The van der Waals surface area contributed by atoms with Gasteiger partial charge in [-0.2, -0.15) is 0 Å². The van der Waals surface area contributed by atoms with Crippen molar-refractivity contribution in [1.82, 2.24) is 0 Å². The van der Waals surface area contributed by atoms with Crippen LogP contribution in [-0.4, -0.2) is 24.0 Å². The van der Waals surface area contributed by atoms with Crippen LogP contribution in [0.25, 0.3) is 11.1 Å². The van der Waals surface area contributed by atoms with Crippen LogP contribution in [0, 0.1) is 0 Å². The molecule has 0 amide bonds. The third-order valence-corrected chi connectivity index (χ3v) is 4.66. The first-order chi connectivity index (χ1) is 9.96. The van der Waals surface area contributed by atoms with Crippen LogP contribution in [-0.2, 0) is 19.6 Å². The van der Waals surface area contributed by atoms with Crippen molar-refractivity contribution in [2.75, 3.05) is 14.2 Å². The van der Waals surface area contributed by atoms with Gasteiger partial charge in [-0.25, -0.2) is 0 Å². The fourth-order valence-corrected chi connectivity index (χ4v) is 3.31. The van der Waals surface area contributed by atoms with E-state index in [1.807, 2.05) is 30.3 Å². The Balaban J connectivity index is 2.72. The third kappa shape index (κ3) is 2.79. The number of ether oxygens (including phenoxy) is 2. The van der Waals surface area contributed by atoms with E-state index < -0.39 is 13.1 Å². The van der Waals surface area contributed by atoms with Crippen molar-refractivity contribution in [1.29, 1.82) is 0 Å². The maximum absolute atomic E-state index is 11.9. The first-order valence-electron chi connectivity index (χ1n) is 6.27. The molecule has 0 heterocycles. The van der Waals surface area contributed by atoms with Gasteiger partial charge in [0.2, 0.25) is 0 Å². The first-order valence-corrected chi connectivity index (χ1v) is 7.88. The van der Waals surface area contributed by atoms with Crippen LogP contribution in [0.3, 0.4) is 0 Å². The lowest BCUT2D eigenvalue weighted by Gasteiger charge is -2.33. The summed E-state index contributed by atoms with van der Waals surface area (Å²) in [5.74, 6) is 0. The monoisotopic (exact) mass is 308 g/mol. The van der Waals surface area contributed by atoms with E-state index in [2.05, 4.69) is 0 Å². The second-order valence-corrected chi connectivity index (χ2v) is 6.12. The van der Waals surface area contributed by atoms with Gasteiger partial charge < -0.3 is 19.3 Å². The van der Waals surface area contributed by atoms with Gasteiger partial charge in [0.15, 0.2) is 0 Å². The summed E-state index contributed by atoms with van der Waals surface area (Å²) in [5, 5.41) is 0. The molecule has 21 heavy (non-hydrogen) atoms. The minimum Gasteiger partial charge on any atom is -0.340 e. The van der Waals surface area contributed by atoms with E-state index in [0.717, 1.165) is 5.56 Å². The van der Waals surface area contributed by atoms with Crippen molar-refractivity contribution in [3.8, 4) is 11.1 Å². The zero-order valence-electron chi connectivity index (χ0n) is 11.8. The second-order valence-electron chi connectivity index (χ2n) is 4.45. The van der Waals surface area contributed by atoms with E-state index in [4.69, 9.17) is 9.47 Å². The molecule has 0 aliphatic heterocycles. The summed E-state index contributed by atoms with van der Waals surface area (Å²) in [4.78, 5) is 19.4. The zero-order chi connectivity index (χ0) is 15.5. The van der Waals surface area contributed by atoms with Crippen molar-refractivity contribution >= 4 is 7.60 Å². The molecular weight excluding hydrogens is 291 g/mol. The molecule has 0 aliphatic rings. The molecule has 0 saturated heterocycles. The van der Waals surface area contributed by atoms with Crippen LogP contribution in [0.5, 0.6) is 0 Å². The average Bonchev–Trinajstić information content (AvgIpc) is 2.49. The summed E-state index contributed by atoms with van der Waals surface area (Å²) < 4.78 is 22.2. The van der Waals surface area contributed by atoms with Gasteiger partial charge in [-0.15, -0.1) is 0 Å². The first kappa shape index (κ1) is 15.9. The Kier molecular flexibility index (Phi) is 4.61. The van der Waals surface area contributed by atoms with Crippen molar-refractivity contribution in [3.05, 3.63) is 60.2 Å². The third-order valence-electron chi connectivity index (χ3n) is 3.29. The fraction of sp³-hybridized carbons (Fsp3) is 0.200. The SMILES string of the molecule is COC(OC)(c1ccccc1-c1ccccc1)P(=O)(O)O. The highest BCUT2D eigenvalue weighted by Gasteiger charge is 2.51. The lowest BCUT2D eigenvalue weighted by atomic mass is 9.99. The minimum atomic E-state index is -4.72. The molecular formula is C15H17O5P. The van der Waals surface area contributed by atoms with Gasteiger partial charge >= 0.3 is 7.60 Å². The lowest BCUT2D eigenvalue weighted by molar-refractivity contribution is -0.162. The van der Waals surface area contributed by atoms with E-state index in [0.29, 0.717) is 5.56 Å². The highest BCUT2D eigenvalue weighted by atomic mass is 31.2. The van der Waals surface area contributed by atoms with E-state index in [1.165, 1.54) is 14.2 Å². The standard InChI is InChI=1S/C15H17O5P/c1-19-15(20-2,21(16,17)18)14-11-7-6-10-13(14)12-8-4-3-5-9-12/h3-11H,1-2H3,(H2,16,17,18). The molecule has 2 aromatic rings. The molecule has 0 unspecified atom stereocenters. The molecule has 2 rings (SSSR count). The summed E-state index contributed by atoms with van der Waals surface area (Å²) in [6.07, 6.45) is 0. The molecule has 0 fully saturated rings. The minimum absolute atomic E-state index is 0.287. The second kappa shape index (κ2) is 6.10. The molecule has 0 aromatic heterocycles. The molecule has 0 atom stereocenters. The number of hydrogen-bond donors (Lipinski definition) is 2. The quantitative estimate of drug-likeness (QED) is 0.656. The summed E-state index contributed by atoms with van der Waals surface area (Å²) in [6.45, 7) is 0. The van der Waals surface area contributed by atoms with Gasteiger partial charge in [0.1, 0.15) is 0 Å². The maximum atomic E-state index is 11.9. The summed E-state index contributed by atoms with van der Waals surface area (Å²) in [7, 11) is -2.30. The van der Waals surface area contributed by atoms with Gasteiger partial charge in [0.05, 0.1) is 0 Å². The number of methoxy groups -OCH3 is 2. The van der Waals surface area contributed by atoms with E-state index >= 15 is 0 Å². The van der Waals surface area contributed by atoms with E-state index in [9.17, 15) is 14.4 Å². The van der Waals surface area contributed by atoms with Crippen LogP contribution in [0.2, 0.25) is 0 Å². The van der Waals surface area contributed by atoms with Gasteiger partial charge in [0.25, 0.3) is 5.53 Å². The molecule has 6 heteroatoms. The van der Waals surface area contributed by atoms with Gasteiger partial charge in [0, 0.05) is 19.8 Å². The Morgan fingerprint density at radius 3 is 1.95 bits per heavy atom. The molecule has 0 spiro atoms. The van der Waals surface area contributed by atoms with Crippen molar-refractivity contribution in [2.45, 2.75) is 5.53 Å².